The minimum Gasteiger partial charge on any atom is -0.491 e. The topological polar surface area (TPSA) is 108 Å². The number of urea groups is 1. The summed E-state index contributed by atoms with van der Waals surface area (Å²) in [5.74, 6) is 0.785. The first-order chi connectivity index (χ1) is 16.8. The fourth-order valence-corrected chi connectivity index (χ4v) is 5.56. The molecule has 4 heterocycles. The summed E-state index contributed by atoms with van der Waals surface area (Å²) in [5, 5.41) is 9.58. The van der Waals surface area contributed by atoms with E-state index < -0.39 is 18.1 Å². The van der Waals surface area contributed by atoms with Crippen LogP contribution >= 0.6 is 0 Å². The van der Waals surface area contributed by atoms with Gasteiger partial charge in [0.2, 0.25) is 0 Å². The Balaban J connectivity index is 1.37. The highest BCUT2D eigenvalue weighted by molar-refractivity contribution is 6.14. The molecule has 2 saturated heterocycles. The summed E-state index contributed by atoms with van der Waals surface area (Å²) in [6, 6.07) is 4.32. The van der Waals surface area contributed by atoms with E-state index in [1.807, 2.05) is 47.7 Å². The number of aliphatic carboxylic acids is 1. The molecule has 10 nitrogen and oxygen atoms in total. The first-order valence-corrected chi connectivity index (χ1v) is 12.3. The molecule has 0 bridgehead atoms. The molecule has 1 aromatic carbocycles. The SMILES string of the molecule is CC(C)C1C(=O)N(C2CC2)C(=O)N1c1cn2c(n1)-c1ccc(N3CCC[C@H]3C(=O)O)cc1OCC2. The molecule has 2 atom stereocenters. The van der Waals surface area contributed by atoms with E-state index in [2.05, 4.69) is 0 Å². The van der Waals surface area contributed by atoms with Crippen molar-refractivity contribution in [3.05, 3.63) is 24.4 Å². The molecule has 1 N–H and O–H groups in total. The van der Waals surface area contributed by atoms with E-state index in [0.717, 1.165) is 30.5 Å². The number of carboxylic acids is 1. The van der Waals surface area contributed by atoms with Gasteiger partial charge in [-0.1, -0.05) is 13.8 Å². The summed E-state index contributed by atoms with van der Waals surface area (Å²) in [4.78, 5) is 47.8. The van der Waals surface area contributed by atoms with Gasteiger partial charge in [0.15, 0.2) is 5.82 Å². The van der Waals surface area contributed by atoms with Crippen molar-refractivity contribution in [3.63, 3.8) is 0 Å². The van der Waals surface area contributed by atoms with Gasteiger partial charge in [-0.25, -0.2) is 14.6 Å². The van der Waals surface area contributed by atoms with Crippen LogP contribution in [0.25, 0.3) is 11.4 Å². The molecular weight excluding hydrogens is 450 g/mol. The predicted molar refractivity (Wildman–Crippen MR) is 128 cm³/mol. The number of amides is 3. The maximum absolute atomic E-state index is 13.3. The lowest BCUT2D eigenvalue weighted by atomic mass is 10.0. The van der Waals surface area contributed by atoms with Crippen molar-refractivity contribution in [3.8, 4) is 17.1 Å². The highest BCUT2D eigenvalue weighted by atomic mass is 16.5. The average Bonchev–Trinajstić information content (AvgIpc) is 3.31. The van der Waals surface area contributed by atoms with Crippen LogP contribution in [0.5, 0.6) is 5.75 Å². The number of benzene rings is 1. The quantitative estimate of drug-likeness (QED) is 0.657. The zero-order valence-electron chi connectivity index (χ0n) is 19.9. The van der Waals surface area contributed by atoms with Gasteiger partial charge in [0.25, 0.3) is 5.91 Å². The van der Waals surface area contributed by atoms with Gasteiger partial charge in [0, 0.05) is 30.5 Å². The lowest BCUT2D eigenvalue weighted by molar-refractivity contribution is -0.138. The van der Waals surface area contributed by atoms with Crippen molar-refractivity contribution in [2.75, 3.05) is 23.0 Å². The highest BCUT2D eigenvalue weighted by Crippen LogP contribution is 2.41. The molecule has 35 heavy (non-hydrogen) atoms. The number of carbonyl (C=O) groups is 3. The Labute approximate surface area is 203 Å². The third kappa shape index (κ3) is 3.45. The number of imidazole rings is 1. The number of anilines is 2. The second-order valence-electron chi connectivity index (χ2n) is 10.1. The first-order valence-electron chi connectivity index (χ1n) is 12.3. The number of hydrogen-bond acceptors (Lipinski definition) is 6. The molecule has 3 fully saturated rings. The number of nitrogens with zero attached hydrogens (tertiary/aromatic N) is 5. The van der Waals surface area contributed by atoms with Crippen molar-refractivity contribution in [1.29, 1.82) is 0 Å². The monoisotopic (exact) mass is 479 g/mol. The highest BCUT2D eigenvalue weighted by Gasteiger charge is 2.53. The van der Waals surface area contributed by atoms with Gasteiger partial charge in [0.05, 0.1) is 12.1 Å². The van der Waals surface area contributed by atoms with E-state index in [9.17, 15) is 19.5 Å². The van der Waals surface area contributed by atoms with Gasteiger partial charge in [-0.3, -0.25) is 14.6 Å². The molecule has 0 spiro atoms. The molecule has 4 aliphatic rings. The van der Waals surface area contributed by atoms with Crippen molar-refractivity contribution >= 4 is 29.4 Å². The molecule has 10 heteroatoms. The van der Waals surface area contributed by atoms with E-state index >= 15 is 0 Å². The molecule has 3 aliphatic heterocycles. The van der Waals surface area contributed by atoms with Gasteiger partial charge >= 0.3 is 12.0 Å². The summed E-state index contributed by atoms with van der Waals surface area (Å²) in [5.41, 5.74) is 1.59. The van der Waals surface area contributed by atoms with E-state index in [-0.39, 0.29) is 23.9 Å². The predicted octanol–water partition coefficient (Wildman–Crippen LogP) is 2.95. The van der Waals surface area contributed by atoms with Crippen molar-refractivity contribution < 1.29 is 24.2 Å². The summed E-state index contributed by atoms with van der Waals surface area (Å²) in [7, 11) is 0. The van der Waals surface area contributed by atoms with Crippen LogP contribution in [0.4, 0.5) is 16.3 Å². The summed E-state index contributed by atoms with van der Waals surface area (Å²) in [6.45, 7) is 5.55. The Hall–Kier alpha value is -3.56. The minimum atomic E-state index is -0.816. The maximum atomic E-state index is 13.3. The Kier molecular flexibility index (Phi) is 5.01. The van der Waals surface area contributed by atoms with Crippen LogP contribution in [0.2, 0.25) is 0 Å². The second-order valence-corrected chi connectivity index (χ2v) is 10.1. The molecule has 1 unspecified atom stereocenters. The van der Waals surface area contributed by atoms with Crippen molar-refractivity contribution in [2.24, 2.45) is 5.92 Å². The van der Waals surface area contributed by atoms with Crippen molar-refractivity contribution in [1.82, 2.24) is 14.5 Å². The van der Waals surface area contributed by atoms with Crippen LogP contribution in [0.15, 0.2) is 24.4 Å². The number of aromatic nitrogens is 2. The molecule has 0 radical (unpaired) electrons. The van der Waals surface area contributed by atoms with E-state index in [0.29, 0.717) is 43.5 Å². The van der Waals surface area contributed by atoms with E-state index in [4.69, 9.17) is 9.72 Å². The first kappa shape index (κ1) is 21.9. The van der Waals surface area contributed by atoms with Crippen LogP contribution < -0.4 is 14.5 Å². The number of hydrogen-bond donors (Lipinski definition) is 1. The van der Waals surface area contributed by atoms with Crippen LogP contribution in [0.3, 0.4) is 0 Å². The molecule has 184 valence electrons. The van der Waals surface area contributed by atoms with Gasteiger partial charge in [-0.05, 0) is 43.7 Å². The maximum Gasteiger partial charge on any atom is 0.333 e. The van der Waals surface area contributed by atoms with Gasteiger partial charge in [-0.15, -0.1) is 0 Å². The number of imide groups is 1. The fraction of sp³-hybridized carbons (Fsp3) is 0.520. The van der Waals surface area contributed by atoms with Crippen LogP contribution in [0, 0.1) is 5.92 Å². The lowest BCUT2D eigenvalue weighted by Crippen LogP contribution is -2.39. The largest absolute Gasteiger partial charge is 0.491 e. The minimum absolute atomic E-state index is 0.00875. The number of fused-ring (bicyclic) bond motifs is 3. The van der Waals surface area contributed by atoms with Gasteiger partial charge in [-0.2, -0.15) is 0 Å². The zero-order valence-corrected chi connectivity index (χ0v) is 19.9. The lowest BCUT2D eigenvalue weighted by Gasteiger charge is -2.24. The van der Waals surface area contributed by atoms with E-state index in [1.54, 1.807) is 4.90 Å². The Morgan fingerprint density at radius 1 is 1.14 bits per heavy atom. The third-order valence-electron chi connectivity index (χ3n) is 7.40. The smallest absolute Gasteiger partial charge is 0.333 e. The third-order valence-corrected chi connectivity index (χ3v) is 7.40. The number of carbonyl (C=O) groups excluding carboxylic acids is 2. The second kappa shape index (κ2) is 8.00. The number of ether oxygens (including phenoxy) is 1. The number of rotatable bonds is 5. The molecular formula is C25H29N5O5. The zero-order chi connectivity index (χ0) is 24.4. The number of carboxylic acid groups (broad SMARTS) is 1. The fourth-order valence-electron chi connectivity index (χ4n) is 5.56. The van der Waals surface area contributed by atoms with Crippen molar-refractivity contribution in [2.45, 2.75) is 64.2 Å². The van der Waals surface area contributed by atoms with Crippen LogP contribution in [-0.4, -0.2) is 68.7 Å². The summed E-state index contributed by atoms with van der Waals surface area (Å²) < 4.78 is 7.99. The molecule has 6 rings (SSSR count). The standard InChI is InChI=1S/C25H29N5O5/c1-14(2)21-23(31)29(15-5-6-15)25(34)30(21)20-13-27-10-11-35-19-12-16(7-8-17(19)22(27)26-20)28-9-3-4-18(28)24(32)33/h7-8,12-15,18,21H,3-6,9-11H2,1-2H3,(H,32,33)/t18-,21?/m0/s1. The summed E-state index contributed by atoms with van der Waals surface area (Å²) >= 11 is 0. The van der Waals surface area contributed by atoms with Gasteiger partial charge in [0.1, 0.15) is 30.3 Å². The Morgan fingerprint density at radius 2 is 1.94 bits per heavy atom. The van der Waals surface area contributed by atoms with Crippen LogP contribution in [0.1, 0.15) is 39.5 Å². The molecule has 1 aromatic heterocycles. The summed E-state index contributed by atoms with van der Waals surface area (Å²) in [6.07, 6.45) is 5.02. The molecule has 1 saturated carbocycles. The van der Waals surface area contributed by atoms with Crippen LogP contribution in [-0.2, 0) is 16.1 Å². The molecule has 1 aliphatic carbocycles. The molecule has 3 amide bonds. The van der Waals surface area contributed by atoms with Gasteiger partial charge < -0.3 is 19.3 Å². The molecule has 2 aromatic rings. The van der Waals surface area contributed by atoms with E-state index in [1.165, 1.54) is 4.90 Å². The average molecular weight is 480 g/mol. The normalized spacial score (nSPS) is 24.0. The Bertz CT molecular complexity index is 1220. The Morgan fingerprint density at radius 3 is 2.66 bits per heavy atom.